The summed E-state index contributed by atoms with van der Waals surface area (Å²) in [6, 6.07) is 0. The summed E-state index contributed by atoms with van der Waals surface area (Å²) in [7, 11) is 0. The second kappa shape index (κ2) is 6.14. The molecule has 7 heteroatoms. The molecule has 0 saturated carbocycles. The zero-order chi connectivity index (χ0) is 14.5. The first-order valence-electron chi connectivity index (χ1n) is 6.51. The van der Waals surface area contributed by atoms with Gasteiger partial charge in [0.2, 0.25) is 0 Å². The summed E-state index contributed by atoms with van der Waals surface area (Å²) in [6.45, 7) is 4.89. The van der Waals surface area contributed by atoms with Crippen molar-refractivity contribution in [1.29, 1.82) is 0 Å². The van der Waals surface area contributed by atoms with Crippen LogP contribution in [0.25, 0.3) is 0 Å². The van der Waals surface area contributed by atoms with Crippen LogP contribution in [0.4, 0.5) is 5.82 Å². The highest BCUT2D eigenvalue weighted by molar-refractivity contribution is 5.30. The number of nitrogens with zero attached hydrogens (tertiary/aromatic N) is 3. The van der Waals surface area contributed by atoms with E-state index < -0.39 is 5.69 Å². The molecule has 0 amide bonds. The van der Waals surface area contributed by atoms with Gasteiger partial charge in [0.05, 0.1) is 24.6 Å². The number of nitrogens with one attached hydrogen (secondary N) is 2. The first-order chi connectivity index (χ1) is 9.63. The average Bonchev–Trinajstić information content (AvgIpc) is 2.44. The maximum atomic E-state index is 11.7. The summed E-state index contributed by atoms with van der Waals surface area (Å²) in [4.78, 5) is 33.9. The van der Waals surface area contributed by atoms with Crippen LogP contribution in [0.2, 0.25) is 0 Å². The Hall–Kier alpha value is -2.44. The quantitative estimate of drug-likeness (QED) is 0.822. The molecule has 0 aliphatic rings. The molecule has 0 fully saturated rings. The second-order valence-corrected chi connectivity index (χ2v) is 4.32. The largest absolute Gasteiger partial charge is 0.369 e. The number of anilines is 1. The Labute approximate surface area is 115 Å². The number of aryl methyl sites for hydroxylation is 1. The average molecular weight is 275 g/mol. The van der Waals surface area contributed by atoms with Gasteiger partial charge in [-0.1, -0.05) is 6.92 Å². The van der Waals surface area contributed by atoms with Crippen molar-refractivity contribution in [2.45, 2.75) is 26.8 Å². The molecule has 7 nitrogen and oxygen atoms in total. The molecule has 0 bridgehead atoms. The van der Waals surface area contributed by atoms with E-state index in [-0.39, 0.29) is 12.1 Å². The van der Waals surface area contributed by atoms with Gasteiger partial charge < -0.3 is 5.32 Å². The molecule has 0 atom stereocenters. The van der Waals surface area contributed by atoms with E-state index in [1.165, 1.54) is 4.57 Å². The van der Waals surface area contributed by atoms with Gasteiger partial charge >= 0.3 is 5.69 Å². The van der Waals surface area contributed by atoms with Crippen molar-refractivity contribution in [3.8, 4) is 0 Å². The van der Waals surface area contributed by atoms with Crippen molar-refractivity contribution in [2.24, 2.45) is 0 Å². The van der Waals surface area contributed by atoms with Crippen LogP contribution >= 0.6 is 0 Å². The molecule has 2 aromatic heterocycles. The maximum absolute atomic E-state index is 11.7. The van der Waals surface area contributed by atoms with Crippen LogP contribution in [0.1, 0.15) is 25.1 Å². The highest BCUT2D eigenvalue weighted by Crippen LogP contribution is 2.02. The third-order valence-electron chi connectivity index (χ3n) is 2.86. The van der Waals surface area contributed by atoms with Crippen LogP contribution in [0.3, 0.4) is 0 Å². The molecule has 2 aromatic rings. The van der Waals surface area contributed by atoms with Crippen molar-refractivity contribution in [3.05, 3.63) is 50.7 Å². The number of hydrogen-bond acceptors (Lipinski definition) is 5. The van der Waals surface area contributed by atoms with Gasteiger partial charge in [-0.25, -0.2) is 9.78 Å². The summed E-state index contributed by atoms with van der Waals surface area (Å²) in [5, 5.41) is 3.05. The van der Waals surface area contributed by atoms with E-state index in [0.717, 1.165) is 6.54 Å². The van der Waals surface area contributed by atoms with Gasteiger partial charge in [-0.15, -0.1) is 0 Å². The van der Waals surface area contributed by atoms with E-state index in [2.05, 4.69) is 20.3 Å². The highest BCUT2D eigenvalue weighted by Gasteiger charge is 2.05. The van der Waals surface area contributed by atoms with Crippen LogP contribution in [-0.4, -0.2) is 26.1 Å². The van der Waals surface area contributed by atoms with Crippen LogP contribution in [-0.2, 0) is 13.0 Å². The first-order valence-corrected chi connectivity index (χ1v) is 6.51. The Kier molecular flexibility index (Phi) is 4.29. The number of H-pyrrole nitrogens is 1. The lowest BCUT2D eigenvalue weighted by Gasteiger charge is -2.07. The maximum Gasteiger partial charge on any atom is 0.328 e. The lowest BCUT2D eigenvalue weighted by molar-refractivity contribution is 0.691. The summed E-state index contributed by atoms with van der Waals surface area (Å²) in [6.07, 6.45) is 5.37. The topological polar surface area (TPSA) is 92.7 Å². The Morgan fingerprint density at radius 3 is 2.65 bits per heavy atom. The zero-order valence-corrected chi connectivity index (χ0v) is 11.5. The molecule has 0 spiro atoms. The van der Waals surface area contributed by atoms with Crippen LogP contribution < -0.4 is 16.6 Å². The minimum Gasteiger partial charge on any atom is -0.369 e. The molecule has 0 saturated heterocycles. The number of aromatic amines is 1. The van der Waals surface area contributed by atoms with E-state index in [0.29, 0.717) is 23.5 Å². The van der Waals surface area contributed by atoms with Gasteiger partial charge in [-0.05, 0) is 13.3 Å². The fourth-order valence-corrected chi connectivity index (χ4v) is 1.81. The van der Waals surface area contributed by atoms with Gasteiger partial charge in [-0.2, -0.15) is 0 Å². The minimum absolute atomic E-state index is 0.280. The van der Waals surface area contributed by atoms with E-state index in [1.807, 2.05) is 13.8 Å². The summed E-state index contributed by atoms with van der Waals surface area (Å²) in [5.74, 6) is 0.694. The molecular weight excluding hydrogens is 258 g/mol. The summed E-state index contributed by atoms with van der Waals surface area (Å²) < 4.78 is 1.43. The highest BCUT2D eigenvalue weighted by atomic mass is 16.2. The molecular formula is C13H17N5O2. The van der Waals surface area contributed by atoms with Gasteiger partial charge in [0, 0.05) is 18.3 Å². The molecule has 0 radical (unpaired) electrons. The van der Waals surface area contributed by atoms with Gasteiger partial charge in [0.1, 0.15) is 5.82 Å². The third-order valence-corrected chi connectivity index (χ3v) is 2.86. The van der Waals surface area contributed by atoms with Crippen molar-refractivity contribution in [2.75, 3.05) is 11.9 Å². The molecule has 2 N–H and O–H groups in total. The third kappa shape index (κ3) is 3.11. The first kappa shape index (κ1) is 14.0. The van der Waals surface area contributed by atoms with Crippen molar-refractivity contribution in [1.82, 2.24) is 19.5 Å². The molecule has 0 aliphatic heterocycles. The lowest BCUT2D eigenvalue weighted by Crippen LogP contribution is -2.32. The number of rotatable bonds is 5. The standard InChI is InChI=1S/C13H17N5O2/c1-3-9-7-18(13(20)17-12(9)19)8-10-5-16-11(6-15-10)14-4-2/h5-7H,3-4,8H2,1-2H3,(H,14,16)(H,17,19,20). The second-order valence-electron chi connectivity index (χ2n) is 4.32. The van der Waals surface area contributed by atoms with E-state index in [4.69, 9.17) is 0 Å². The zero-order valence-electron chi connectivity index (χ0n) is 11.5. The molecule has 0 unspecified atom stereocenters. The van der Waals surface area contributed by atoms with E-state index in [9.17, 15) is 9.59 Å². The van der Waals surface area contributed by atoms with Gasteiger partial charge in [0.15, 0.2) is 0 Å². The molecule has 2 rings (SSSR count). The molecule has 106 valence electrons. The summed E-state index contributed by atoms with van der Waals surface area (Å²) in [5.41, 5.74) is 0.455. The van der Waals surface area contributed by atoms with Crippen molar-refractivity contribution < 1.29 is 0 Å². The van der Waals surface area contributed by atoms with Crippen LogP contribution in [0, 0.1) is 0 Å². The number of aromatic nitrogens is 4. The lowest BCUT2D eigenvalue weighted by atomic mass is 10.2. The molecule has 20 heavy (non-hydrogen) atoms. The Balaban J connectivity index is 2.25. The predicted molar refractivity (Wildman–Crippen MR) is 76.0 cm³/mol. The molecule has 2 heterocycles. The summed E-state index contributed by atoms with van der Waals surface area (Å²) >= 11 is 0. The van der Waals surface area contributed by atoms with Gasteiger partial charge in [0.25, 0.3) is 5.56 Å². The fourth-order valence-electron chi connectivity index (χ4n) is 1.81. The number of hydrogen-bond donors (Lipinski definition) is 2. The monoisotopic (exact) mass is 275 g/mol. The smallest absolute Gasteiger partial charge is 0.328 e. The normalized spacial score (nSPS) is 10.5. The molecule has 0 aromatic carbocycles. The Morgan fingerprint density at radius 2 is 2.05 bits per heavy atom. The predicted octanol–water partition coefficient (Wildman–Crippen LogP) is 0.369. The Bertz CT molecular complexity index is 687. The Morgan fingerprint density at radius 1 is 1.25 bits per heavy atom. The van der Waals surface area contributed by atoms with E-state index in [1.54, 1.807) is 18.6 Å². The van der Waals surface area contributed by atoms with Crippen LogP contribution in [0.15, 0.2) is 28.2 Å². The minimum atomic E-state index is -0.440. The van der Waals surface area contributed by atoms with Crippen molar-refractivity contribution in [3.63, 3.8) is 0 Å². The fraction of sp³-hybridized carbons (Fsp3) is 0.385. The van der Waals surface area contributed by atoms with Crippen LogP contribution in [0.5, 0.6) is 0 Å². The van der Waals surface area contributed by atoms with Crippen molar-refractivity contribution >= 4 is 5.82 Å². The van der Waals surface area contributed by atoms with E-state index >= 15 is 0 Å². The molecule has 0 aliphatic carbocycles. The van der Waals surface area contributed by atoms with Gasteiger partial charge in [-0.3, -0.25) is 19.3 Å². The SMILES string of the molecule is CCNc1cnc(Cn2cc(CC)c(=O)[nH]c2=O)cn1.